The van der Waals surface area contributed by atoms with Crippen LogP contribution >= 0.6 is 0 Å². The molecule has 0 amide bonds. The standard InChI is InChI=1S/C16H12N2O7/c1-2-15(19)10-3-5-14(6-4-10)25-16(20)11-7-12(17(21)22)9-13(8-11)18(23)24/h3-9H,2H2,1H3. The molecule has 0 fully saturated rings. The molecule has 2 aromatic carbocycles. The predicted octanol–water partition coefficient (Wildman–Crippen LogP) is 3.31. The third-order valence-electron chi connectivity index (χ3n) is 3.27. The van der Waals surface area contributed by atoms with Gasteiger partial charge in [-0.15, -0.1) is 0 Å². The lowest BCUT2D eigenvalue weighted by molar-refractivity contribution is -0.394. The van der Waals surface area contributed by atoms with Gasteiger partial charge in [0.2, 0.25) is 0 Å². The molecule has 0 unspecified atom stereocenters. The molecule has 0 spiro atoms. The quantitative estimate of drug-likeness (QED) is 0.258. The lowest BCUT2D eigenvalue weighted by Gasteiger charge is -2.05. The van der Waals surface area contributed by atoms with Crippen molar-refractivity contribution in [3.8, 4) is 5.75 Å². The first-order valence-electron chi connectivity index (χ1n) is 7.11. The highest BCUT2D eigenvalue weighted by molar-refractivity contribution is 5.96. The molecule has 0 radical (unpaired) electrons. The number of nitro benzene ring substituents is 2. The maximum atomic E-state index is 12.1. The Balaban J connectivity index is 2.27. The first kappa shape index (κ1) is 17.7. The summed E-state index contributed by atoms with van der Waals surface area (Å²) in [5, 5.41) is 21.7. The monoisotopic (exact) mass is 344 g/mol. The van der Waals surface area contributed by atoms with Crippen molar-refractivity contribution in [2.75, 3.05) is 0 Å². The first-order valence-corrected chi connectivity index (χ1v) is 7.11. The van der Waals surface area contributed by atoms with Gasteiger partial charge in [0.1, 0.15) is 5.75 Å². The molecule has 9 nitrogen and oxygen atoms in total. The summed E-state index contributed by atoms with van der Waals surface area (Å²) >= 11 is 0. The van der Waals surface area contributed by atoms with Gasteiger partial charge >= 0.3 is 5.97 Å². The minimum atomic E-state index is -0.985. The van der Waals surface area contributed by atoms with Crippen LogP contribution in [0.2, 0.25) is 0 Å². The van der Waals surface area contributed by atoms with Gasteiger partial charge in [-0.1, -0.05) is 6.92 Å². The fraction of sp³-hybridized carbons (Fsp3) is 0.125. The van der Waals surface area contributed by atoms with Gasteiger partial charge in [-0.2, -0.15) is 0 Å². The molecule has 0 bridgehead atoms. The van der Waals surface area contributed by atoms with E-state index in [4.69, 9.17) is 4.74 Å². The van der Waals surface area contributed by atoms with Crippen LogP contribution < -0.4 is 4.74 Å². The second kappa shape index (κ2) is 7.30. The number of non-ortho nitro benzene ring substituents is 2. The Morgan fingerprint density at radius 1 is 0.920 bits per heavy atom. The number of benzene rings is 2. The van der Waals surface area contributed by atoms with E-state index < -0.39 is 27.2 Å². The average molecular weight is 344 g/mol. The summed E-state index contributed by atoms with van der Waals surface area (Å²) in [4.78, 5) is 43.6. The molecule has 0 aromatic heterocycles. The molecule has 0 aliphatic carbocycles. The fourth-order valence-corrected chi connectivity index (χ4v) is 2.00. The Morgan fingerprint density at radius 3 is 1.88 bits per heavy atom. The van der Waals surface area contributed by atoms with E-state index in [9.17, 15) is 29.8 Å². The Morgan fingerprint density at radius 2 is 1.44 bits per heavy atom. The molecule has 0 N–H and O–H groups in total. The van der Waals surface area contributed by atoms with E-state index >= 15 is 0 Å². The molecule has 0 saturated carbocycles. The minimum absolute atomic E-state index is 0.0767. The molecule has 2 rings (SSSR count). The van der Waals surface area contributed by atoms with Gasteiger partial charge in [-0.3, -0.25) is 25.0 Å². The predicted molar refractivity (Wildman–Crippen MR) is 85.8 cm³/mol. The van der Waals surface area contributed by atoms with E-state index in [1.165, 1.54) is 24.3 Å². The smallest absolute Gasteiger partial charge is 0.344 e. The summed E-state index contributed by atoms with van der Waals surface area (Å²) in [6.07, 6.45) is 0.330. The number of hydrogen-bond acceptors (Lipinski definition) is 7. The van der Waals surface area contributed by atoms with Gasteiger partial charge in [-0.25, -0.2) is 4.79 Å². The molecular formula is C16H12N2O7. The largest absolute Gasteiger partial charge is 0.423 e. The van der Waals surface area contributed by atoms with Crippen molar-refractivity contribution >= 4 is 23.1 Å². The highest BCUT2D eigenvalue weighted by atomic mass is 16.6. The number of ketones is 1. The molecule has 0 heterocycles. The van der Waals surface area contributed by atoms with Crippen LogP contribution in [0.3, 0.4) is 0 Å². The van der Waals surface area contributed by atoms with Gasteiger partial charge < -0.3 is 4.74 Å². The maximum absolute atomic E-state index is 12.1. The Bertz CT molecular complexity index is 827. The molecular weight excluding hydrogens is 332 g/mol. The average Bonchev–Trinajstić information content (AvgIpc) is 2.61. The Hall–Kier alpha value is -3.62. The summed E-state index contributed by atoms with van der Waals surface area (Å²) in [7, 11) is 0. The summed E-state index contributed by atoms with van der Waals surface area (Å²) in [5.74, 6) is -0.958. The summed E-state index contributed by atoms with van der Waals surface area (Å²) in [6.45, 7) is 1.71. The zero-order valence-corrected chi connectivity index (χ0v) is 13.0. The SMILES string of the molecule is CCC(=O)c1ccc(OC(=O)c2cc([N+](=O)[O-])cc([N+](=O)[O-])c2)cc1. The normalized spacial score (nSPS) is 10.1. The van der Waals surface area contributed by atoms with E-state index in [0.29, 0.717) is 12.0 Å². The highest BCUT2D eigenvalue weighted by Gasteiger charge is 2.21. The number of rotatable bonds is 6. The van der Waals surface area contributed by atoms with Crippen LogP contribution in [0.4, 0.5) is 11.4 Å². The van der Waals surface area contributed by atoms with Gasteiger partial charge in [0, 0.05) is 24.1 Å². The van der Waals surface area contributed by atoms with E-state index in [1.54, 1.807) is 6.92 Å². The molecule has 0 aliphatic heterocycles. The second-order valence-corrected chi connectivity index (χ2v) is 4.94. The van der Waals surface area contributed by atoms with E-state index in [2.05, 4.69) is 0 Å². The molecule has 0 saturated heterocycles. The van der Waals surface area contributed by atoms with Crippen LogP contribution in [0.25, 0.3) is 0 Å². The van der Waals surface area contributed by atoms with Crippen LogP contribution in [0.15, 0.2) is 42.5 Å². The van der Waals surface area contributed by atoms with Crippen LogP contribution in [-0.4, -0.2) is 21.6 Å². The zero-order chi connectivity index (χ0) is 18.6. The van der Waals surface area contributed by atoms with E-state index in [-0.39, 0.29) is 17.1 Å². The number of carbonyl (C=O) groups is 2. The number of nitro groups is 2. The maximum Gasteiger partial charge on any atom is 0.344 e. The summed E-state index contributed by atoms with van der Waals surface area (Å²) < 4.78 is 5.04. The molecule has 9 heteroatoms. The van der Waals surface area contributed by atoms with Crippen LogP contribution in [0.1, 0.15) is 34.1 Å². The summed E-state index contributed by atoms with van der Waals surface area (Å²) in [6, 6.07) is 8.28. The van der Waals surface area contributed by atoms with Crippen molar-refractivity contribution < 1.29 is 24.2 Å². The highest BCUT2D eigenvalue weighted by Crippen LogP contribution is 2.24. The van der Waals surface area contributed by atoms with Crippen molar-refractivity contribution in [3.05, 3.63) is 73.8 Å². The van der Waals surface area contributed by atoms with Gasteiger partial charge in [0.15, 0.2) is 5.78 Å². The fourth-order valence-electron chi connectivity index (χ4n) is 2.00. The number of carbonyl (C=O) groups excluding carboxylic acids is 2. The Labute approximate surface area is 141 Å². The molecule has 2 aromatic rings. The van der Waals surface area contributed by atoms with Crippen molar-refractivity contribution in [2.24, 2.45) is 0 Å². The first-order chi connectivity index (χ1) is 11.8. The third kappa shape index (κ3) is 4.22. The zero-order valence-electron chi connectivity index (χ0n) is 13.0. The van der Waals surface area contributed by atoms with Crippen molar-refractivity contribution in [1.29, 1.82) is 0 Å². The lowest BCUT2D eigenvalue weighted by atomic mass is 10.1. The number of ether oxygens (including phenoxy) is 1. The van der Waals surface area contributed by atoms with Crippen LogP contribution in [-0.2, 0) is 0 Å². The number of esters is 1. The Kier molecular flexibility index (Phi) is 5.18. The van der Waals surface area contributed by atoms with Crippen molar-refractivity contribution in [2.45, 2.75) is 13.3 Å². The van der Waals surface area contributed by atoms with Gasteiger partial charge in [0.05, 0.1) is 21.5 Å². The van der Waals surface area contributed by atoms with Crippen molar-refractivity contribution in [1.82, 2.24) is 0 Å². The van der Waals surface area contributed by atoms with Crippen LogP contribution in [0, 0.1) is 20.2 Å². The topological polar surface area (TPSA) is 130 Å². The van der Waals surface area contributed by atoms with Crippen molar-refractivity contribution in [3.63, 3.8) is 0 Å². The number of hydrogen-bond donors (Lipinski definition) is 0. The molecule has 25 heavy (non-hydrogen) atoms. The molecule has 128 valence electrons. The van der Waals surface area contributed by atoms with Gasteiger partial charge in [-0.05, 0) is 24.3 Å². The van der Waals surface area contributed by atoms with Crippen LogP contribution in [0.5, 0.6) is 5.75 Å². The lowest BCUT2D eigenvalue weighted by Crippen LogP contribution is -2.10. The molecule has 0 aliphatic rings. The molecule has 0 atom stereocenters. The number of nitrogens with zero attached hydrogens (tertiary/aromatic N) is 2. The third-order valence-corrected chi connectivity index (χ3v) is 3.27. The second-order valence-electron chi connectivity index (χ2n) is 4.94. The summed E-state index contributed by atoms with van der Waals surface area (Å²) in [5.41, 5.74) is -1.06. The van der Waals surface area contributed by atoms with E-state index in [0.717, 1.165) is 18.2 Å². The number of Topliss-reactive ketones (excluding diaryl/α,β-unsaturated/α-hetero) is 1. The van der Waals surface area contributed by atoms with Gasteiger partial charge in [0.25, 0.3) is 11.4 Å². The minimum Gasteiger partial charge on any atom is -0.423 e. The van der Waals surface area contributed by atoms with E-state index in [1.807, 2.05) is 0 Å².